The van der Waals surface area contributed by atoms with E-state index in [2.05, 4.69) is 46.4 Å². The van der Waals surface area contributed by atoms with Crippen molar-refractivity contribution in [3.8, 4) is 5.75 Å². The lowest BCUT2D eigenvalue weighted by Crippen LogP contribution is -2.62. The van der Waals surface area contributed by atoms with Crippen molar-refractivity contribution < 1.29 is 79.5 Å². The first-order valence-electron chi connectivity index (χ1n) is 21.2. The van der Waals surface area contributed by atoms with E-state index in [0.29, 0.717) is 6.42 Å². The Morgan fingerprint density at radius 1 is 0.926 bits per heavy atom. The molecular weight excluding hydrogens is 948 g/mol. The average Bonchev–Trinajstić information content (AvgIpc) is 3.84. The number of aromatic nitrogens is 1. The van der Waals surface area contributed by atoms with Crippen LogP contribution in [0.1, 0.15) is 45.6 Å². The lowest BCUT2D eigenvalue weighted by Gasteiger charge is -2.32. The number of amides is 9. The fourth-order valence-corrected chi connectivity index (χ4v) is 9.59. The standard InChI is InChI=1S/C39H53FN10O16S2/c1-4-16(2)31-36(60)43-11-29(55)44-25-15-67(63)38-21(20-6-5-19(8-22(20)47-38)66-68(40,64)65)9-23(33(57)42-12-30(56)48-31)45-37(61)32(17(3)27(53)14-51)49-35(59)26-7-18(52)13-50(26)39(62)24(10-28(41)54)46-34(25)58/h5-6,8,16-18,23-27,31-32,47,51-53H,4,7,9-15H2,1-3H3,(H2,41,54)(H,42,57)(H,43,60)(H,44,55)(H,45,61)(H,46,58)(H,48,56)(H,49,59)/t16-,17-,18+,23-,24-,25-,26-,27-,31-,32-,67?/m0/s1. The third-order valence-corrected chi connectivity index (χ3v) is 13.5. The first-order chi connectivity index (χ1) is 31.9. The van der Waals surface area contributed by atoms with Crippen molar-refractivity contribution in [2.45, 2.75) is 99.9 Å². The second-order valence-electron chi connectivity index (χ2n) is 16.6. The molecule has 1 aromatic carbocycles. The van der Waals surface area contributed by atoms with Crippen LogP contribution >= 0.6 is 0 Å². The van der Waals surface area contributed by atoms with Crippen molar-refractivity contribution in [3.63, 3.8) is 0 Å². The van der Waals surface area contributed by atoms with E-state index in [9.17, 15) is 75.3 Å². The van der Waals surface area contributed by atoms with E-state index in [1.165, 1.54) is 13.0 Å². The molecule has 9 amide bonds. The van der Waals surface area contributed by atoms with E-state index in [1.807, 2.05) is 0 Å². The predicted octanol–water partition coefficient (Wildman–Crippen LogP) is -6.03. The molecule has 3 aliphatic rings. The number of hydrogen-bond acceptors (Lipinski definition) is 16. The van der Waals surface area contributed by atoms with E-state index >= 15 is 0 Å². The summed E-state index contributed by atoms with van der Waals surface area (Å²) in [7, 11) is -5.58. The fraction of sp³-hybridized carbons (Fsp3) is 0.564. The Kier molecular flexibility index (Phi) is 17.3. The topological polar surface area (TPSA) is 410 Å². The van der Waals surface area contributed by atoms with Crippen LogP contribution in [0.2, 0.25) is 0 Å². The van der Waals surface area contributed by atoms with Crippen LogP contribution in [0.15, 0.2) is 23.2 Å². The Hall–Kier alpha value is -6.14. The van der Waals surface area contributed by atoms with E-state index in [-0.39, 0.29) is 21.5 Å². The van der Waals surface area contributed by atoms with Crippen molar-refractivity contribution >= 4 is 85.7 Å². The molecule has 26 nitrogen and oxygen atoms in total. The van der Waals surface area contributed by atoms with Crippen LogP contribution in [-0.4, -0.2) is 172 Å². The quantitative estimate of drug-likeness (QED) is 0.0822. The van der Waals surface area contributed by atoms with Gasteiger partial charge in [-0.3, -0.25) is 43.2 Å². The molecule has 1 aromatic heterocycles. The van der Waals surface area contributed by atoms with Gasteiger partial charge >= 0.3 is 10.5 Å². The lowest BCUT2D eigenvalue weighted by atomic mass is 9.93. The fourth-order valence-electron chi connectivity index (χ4n) is 7.86. The predicted molar refractivity (Wildman–Crippen MR) is 231 cm³/mol. The van der Waals surface area contributed by atoms with E-state index < -0.39 is 192 Å². The van der Waals surface area contributed by atoms with Gasteiger partial charge in [-0.05, 0) is 18.1 Å². The zero-order valence-electron chi connectivity index (χ0n) is 36.7. The molecule has 5 rings (SSSR count). The zero-order chi connectivity index (χ0) is 50.4. The molecule has 0 aliphatic carbocycles. The zero-order valence-corrected chi connectivity index (χ0v) is 38.4. The second kappa shape index (κ2) is 22.3. The summed E-state index contributed by atoms with van der Waals surface area (Å²) in [6.07, 6.45) is -4.84. The summed E-state index contributed by atoms with van der Waals surface area (Å²) in [4.78, 5) is 128. The number of rotatable bonds is 9. The maximum absolute atomic E-state index is 14.7. The molecule has 2 bridgehead atoms. The molecule has 2 aromatic rings. The van der Waals surface area contributed by atoms with Crippen LogP contribution in [-0.2, 0) is 71.3 Å². The molecule has 374 valence electrons. The van der Waals surface area contributed by atoms with Crippen molar-refractivity contribution in [2.75, 3.05) is 32.0 Å². The third kappa shape index (κ3) is 13.1. The Morgan fingerprint density at radius 2 is 1.59 bits per heavy atom. The van der Waals surface area contributed by atoms with Crippen LogP contribution in [0.5, 0.6) is 5.75 Å². The number of hydrogen-bond donors (Lipinski definition) is 12. The molecule has 11 atom stereocenters. The molecular formula is C39H53FN10O16S2. The van der Waals surface area contributed by atoms with Crippen LogP contribution < -0.4 is 47.1 Å². The number of nitrogens with zero attached hydrogens (tertiary/aromatic N) is 1. The maximum atomic E-state index is 14.7. The highest BCUT2D eigenvalue weighted by Gasteiger charge is 2.45. The van der Waals surface area contributed by atoms with Gasteiger partial charge in [-0.2, -0.15) is 8.42 Å². The molecule has 1 saturated heterocycles. The smallest absolute Gasteiger partial charge is 0.488 e. The summed E-state index contributed by atoms with van der Waals surface area (Å²) in [5.41, 5.74) is 5.25. The largest absolute Gasteiger partial charge is 0.610 e. The number of H-pyrrole nitrogens is 1. The highest BCUT2D eigenvalue weighted by molar-refractivity contribution is 7.91. The van der Waals surface area contributed by atoms with Crippen molar-refractivity contribution in [2.24, 2.45) is 17.6 Å². The first-order valence-corrected chi connectivity index (χ1v) is 23.8. The Morgan fingerprint density at radius 3 is 2.22 bits per heavy atom. The van der Waals surface area contributed by atoms with Gasteiger partial charge in [0.05, 0.1) is 43.8 Å². The molecule has 68 heavy (non-hydrogen) atoms. The molecule has 0 radical (unpaired) electrons. The number of benzene rings is 1. The number of halogens is 1. The number of aliphatic hydroxyl groups excluding tert-OH is 3. The molecule has 0 saturated carbocycles. The summed E-state index contributed by atoms with van der Waals surface area (Å²) in [6.45, 7) is 1.39. The number of carbonyl (C=O) groups is 9. The van der Waals surface area contributed by atoms with Gasteiger partial charge in [0.25, 0.3) is 0 Å². The molecule has 0 spiro atoms. The van der Waals surface area contributed by atoms with Crippen molar-refractivity contribution in [1.82, 2.24) is 47.1 Å². The van der Waals surface area contributed by atoms with Gasteiger partial charge in [-0.1, -0.05) is 31.1 Å². The van der Waals surface area contributed by atoms with Gasteiger partial charge in [0.15, 0.2) is 6.04 Å². The molecule has 3 aliphatic heterocycles. The van der Waals surface area contributed by atoms with E-state index in [1.54, 1.807) is 13.8 Å². The summed E-state index contributed by atoms with van der Waals surface area (Å²) >= 11 is -2.55. The monoisotopic (exact) mass is 1000 g/mol. The van der Waals surface area contributed by atoms with Gasteiger partial charge < -0.3 is 76.9 Å². The highest BCUT2D eigenvalue weighted by Crippen LogP contribution is 2.32. The Bertz CT molecular complexity index is 2430. The van der Waals surface area contributed by atoms with Gasteiger partial charge in [0.1, 0.15) is 41.7 Å². The number of nitrogens with one attached hydrogen (secondary N) is 8. The van der Waals surface area contributed by atoms with Crippen molar-refractivity contribution in [3.05, 3.63) is 23.8 Å². The Labute approximate surface area is 390 Å². The average molecular weight is 1000 g/mol. The number of carbonyl (C=O) groups excluding carboxylic acids is 9. The lowest BCUT2D eigenvalue weighted by molar-refractivity contribution is -0.144. The molecule has 1 unspecified atom stereocenters. The minimum atomic E-state index is -5.58. The first kappa shape index (κ1) is 52.8. The minimum absolute atomic E-state index is 0.0376. The van der Waals surface area contributed by atoms with Gasteiger partial charge in [-0.15, -0.1) is 0 Å². The number of fused-ring (bicyclic) bond motifs is 5. The molecule has 29 heteroatoms. The minimum Gasteiger partial charge on any atom is -0.610 e. The van der Waals surface area contributed by atoms with Crippen LogP contribution in [0.25, 0.3) is 10.9 Å². The SMILES string of the molecule is CC[C@H](C)[C@@H]1NC(=O)CNC(=O)[C@@H]2Cc3c([nH]c4cc(OS(=O)(=O)F)ccc34)[S+]([O-])C[C@H](NC(=O)CNC1=O)C(=O)N[C@@H](CC(N)=O)C(=O)N1C[C@H](O)C[C@H]1C(=O)N[C@@H]([C@@H](C)[C@@H](O)CO)C(=O)N2. The number of nitrogens with two attached hydrogens (primary N) is 1. The van der Waals surface area contributed by atoms with Gasteiger partial charge in [0.2, 0.25) is 58.2 Å². The number of primary amides is 1. The second-order valence-corrected chi connectivity index (χ2v) is 19.0. The van der Waals surface area contributed by atoms with Crippen LogP contribution in [0.4, 0.5) is 3.89 Å². The van der Waals surface area contributed by atoms with Crippen LogP contribution in [0, 0.1) is 11.8 Å². The third-order valence-electron chi connectivity index (χ3n) is 11.7. The summed E-state index contributed by atoms with van der Waals surface area (Å²) in [5, 5.41) is 47.7. The summed E-state index contributed by atoms with van der Waals surface area (Å²) < 4.78 is 55.5. The van der Waals surface area contributed by atoms with Crippen molar-refractivity contribution in [1.29, 1.82) is 0 Å². The summed E-state index contributed by atoms with van der Waals surface area (Å²) in [5.74, 6) is -13.3. The molecule has 13 N–H and O–H groups in total. The Balaban J connectivity index is 1.76. The maximum Gasteiger partial charge on any atom is 0.488 e. The number of aliphatic hydroxyl groups is 3. The van der Waals surface area contributed by atoms with E-state index in [4.69, 9.17) is 5.73 Å². The van der Waals surface area contributed by atoms with Gasteiger partial charge in [0, 0.05) is 53.5 Å². The van der Waals surface area contributed by atoms with E-state index in [0.717, 1.165) is 17.0 Å². The molecule has 4 heterocycles. The number of aromatic amines is 1. The van der Waals surface area contributed by atoms with Crippen LogP contribution in [0.3, 0.4) is 0 Å². The highest BCUT2D eigenvalue weighted by atomic mass is 32.3. The summed E-state index contributed by atoms with van der Waals surface area (Å²) in [6, 6.07) is -7.34. The van der Waals surface area contributed by atoms with Gasteiger partial charge in [-0.25, -0.2) is 0 Å². The normalized spacial score (nSPS) is 27.7. The molecule has 1 fully saturated rings.